The first-order chi connectivity index (χ1) is 16.6. The van der Waals surface area contributed by atoms with Crippen LogP contribution in [0, 0.1) is 0 Å². The molecule has 0 N–H and O–H groups in total. The highest BCUT2D eigenvalue weighted by molar-refractivity contribution is 7.91. The van der Waals surface area contributed by atoms with Gasteiger partial charge in [0.2, 0.25) is 5.91 Å². The largest absolute Gasteiger partial charge is 0.497 e. The molecule has 0 bridgehead atoms. The first kappa shape index (κ1) is 25.5. The van der Waals surface area contributed by atoms with Crippen molar-refractivity contribution in [1.82, 2.24) is 4.98 Å². The van der Waals surface area contributed by atoms with Gasteiger partial charge >= 0.3 is 0 Å². The van der Waals surface area contributed by atoms with Gasteiger partial charge in [-0.15, -0.1) is 0 Å². The third-order valence-electron chi connectivity index (χ3n) is 5.72. The summed E-state index contributed by atoms with van der Waals surface area (Å²) >= 11 is 1.19. The first-order valence-corrected chi connectivity index (χ1v) is 15.3. The number of benzene rings is 2. The zero-order valence-corrected chi connectivity index (χ0v) is 21.8. The first-order valence-electron chi connectivity index (χ1n) is 11.0. The highest BCUT2D eigenvalue weighted by Crippen LogP contribution is 2.32. The van der Waals surface area contributed by atoms with Crippen LogP contribution < -0.4 is 9.64 Å². The summed E-state index contributed by atoms with van der Waals surface area (Å²) < 4.78 is 60.9. The molecule has 1 aliphatic heterocycles. The van der Waals surface area contributed by atoms with Gasteiger partial charge in [0.25, 0.3) is 0 Å². The maximum Gasteiger partial charge on any atom is 0.229 e. The van der Waals surface area contributed by atoms with Crippen LogP contribution in [0.1, 0.15) is 19.3 Å². The fourth-order valence-electron chi connectivity index (χ4n) is 3.77. The van der Waals surface area contributed by atoms with Crippen LogP contribution >= 0.6 is 11.3 Å². The second-order valence-corrected chi connectivity index (χ2v) is 13.4. The van der Waals surface area contributed by atoms with Crippen molar-refractivity contribution in [3.63, 3.8) is 0 Å². The lowest BCUT2D eigenvalue weighted by molar-refractivity contribution is -0.118. The number of aromatic nitrogens is 1. The maximum absolute atomic E-state index is 13.3. The molecule has 9 nitrogen and oxygen atoms in total. The number of fused-ring (bicyclic) bond motifs is 1. The van der Waals surface area contributed by atoms with Crippen molar-refractivity contribution in [2.24, 2.45) is 0 Å². The molecule has 1 aromatic heterocycles. The van der Waals surface area contributed by atoms with Gasteiger partial charge in [-0.2, -0.15) is 0 Å². The molecule has 1 unspecified atom stereocenters. The second kappa shape index (κ2) is 10.2. The van der Waals surface area contributed by atoms with Gasteiger partial charge in [0.15, 0.2) is 24.8 Å². The Morgan fingerprint density at radius 1 is 1.14 bits per heavy atom. The number of hydrogen-bond acceptors (Lipinski definition) is 9. The number of hydrogen-bond donors (Lipinski definition) is 0. The van der Waals surface area contributed by atoms with E-state index in [1.54, 1.807) is 18.2 Å². The van der Waals surface area contributed by atoms with E-state index in [0.29, 0.717) is 27.7 Å². The van der Waals surface area contributed by atoms with Crippen LogP contribution in [0.5, 0.6) is 5.75 Å². The van der Waals surface area contributed by atoms with E-state index in [9.17, 15) is 21.6 Å². The number of thiazole rings is 1. The monoisotopic (exact) mass is 538 g/mol. The molecule has 2 aromatic carbocycles. The number of amides is 1. The number of methoxy groups -OCH3 is 1. The van der Waals surface area contributed by atoms with Crippen molar-refractivity contribution in [3.8, 4) is 5.75 Å². The average molecular weight is 539 g/mol. The van der Waals surface area contributed by atoms with E-state index in [2.05, 4.69) is 4.98 Å². The van der Waals surface area contributed by atoms with Crippen molar-refractivity contribution >= 4 is 52.3 Å². The Hall–Kier alpha value is -2.54. The maximum atomic E-state index is 13.3. The lowest BCUT2D eigenvalue weighted by atomic mass is 10.2. The van der Waals surface area contributed by atoms with Crippen molar-refractivity contribution in [1.29, 1.82) is 0 Å². The molecule has 1 atom stereocenters. The van der Waals surface area contributed by atoms with E-state index in [1.807, 2.05) is 0 Å². The summed E-state index contributed by atoms with van der Waals surface area (Å²) in [5, 5.41) is 0.382. The van der Waals surface area contributed by atoms with Crippen LogP contribution in [0.15, 0.2) is 52.3 Å². The highest BCUT2D eigenvalue weighted by Gasteiger charge is 2.28. The quantitative estimate of drug-likeness (QED) is 0.408. The predicted molar refractivity (Wildman–Crippen MR) is 134 cm³/mol. The molecule has 1 amide bonds. The summed E-state index contributed by atoms with van der Waals surface area (Å²) in [6, 6.07) is 10.7. The van der Waals surface area contributed by atoms with Crippen LogP contribution in [0.4, 0.5) is 5.13 Å². The topological polar surface area (TPSA) is 120 Å². The molecule has 35 heavy (non-hydrogen) atoms. The lowest BCUT2D eigenvalue weighted by Gasteiger charge is -2.23. The van der Waals surface area contributed by atoms with Gasteiger partial charge in [0.05, 0.1) is 45.5 Å². The molecular weight excluding hydrogens is 512 g/mol. The molecule has 0 saturated carbocycles. The zero-order valence-electron chi connectivity index (χ0n) is 19.3. The lowest BCUT2D eigenvalue weighted by Crippen LogP contribution is -2.38. The minimum absolute atomic E-state index is 0.116. The number of carbonyl (C=O) groups excluding carboxylic acids is 1. The Kier molecular flexibility index (Phi) is 7.46. The van der Waals surface area contributed by atoms with E-state index < -0.39 is 19.7 Å². The Balaban J connectivity index is 1.57. The highest BCUT2D eigenvalue weighted by atomic mass is 32.2. The minimum Gasteiger partial charge on any atom is -0.497 e. The number of anilines is 1. The van der Waals surface area contributed by atoms with E-state index in [1.165, 1.54) is 47.6 Å². The SMILES string of the molecule is COc1ccc(S(=O)(=O)CCC(=O)N(CC2CCCO2)c2nc3ccc(S(C)(=O)=O)cc3s2)cc1. The van der Waals surface area contributed by atoms with Gasteiger partial charge < -0.3 is 9.47 Å². The fraction of sp³-hybridized carbons (Fsp3) is 0.391. The third-order valence-corrected chi connectivity index (χ3v) is 9.61. The van der Waals surface area contributed by atoms with Crippen molar-refractivity contribution < 1.29 is 31.1 Å². The van der Waals surface area contributed by atoms with Gasteiger partial charge in [0, 0.05) is 19.3 Å². The molecule has 4 rings (SSSR count). The summed E-state index contributed by atoms with van der Waals surface area (Å²) in [6.45, 7) is 0.857. The molecule has 12 heteroatoms. The summed E-state index contributed by atoms with van der Waals surface area (Å²) in [7, 11) is -5.59. The normalized spacial score (nSPS) is 16.5. The van der Waals surface area contributed by atoms with Gasteiger partial charge in [-0.1, -0.05) is 11.3 Å². The molecule has 3 aromatic rings. The molecule has 0 aliphatic carbocycles. The summed E-state index contributed by atoms with van der Waals surface area (Å²) in [5.41, 5.74) is 0.563. The Morgan fingerprint density at radius 2 is 1.86 bits per heavy atom. The molecule has 188 valence electrons. The van der Waals surface area contributed by atoms with Crippen LogP contribution in [0.25, 0.3) is 10.2 Å². The minimum atomic E-state index is -3.69. The molecular formula is C23H26N2O7S3. The van der Waals surface area contributed by atoms with E-state index in [0.717, 1.165) is 19.1 Å². The number of rotatable bonds is 9. The second-order valence-electron chi connectivity index (χ2n) is 8.28. The van der Waals surface area contributed by atoms with Crippen molar-refractivity contribution in [2.75, 3.05) is 37.2 Å². The van der Waals surface area contributed by atoms with Crippen molar-refractivity contribution in [3.05, 3.63) is 42.5 Å². The fourth-order valence-corrected chi connectivity index (χ4v) is 6.76. The van der Waals surface area contributed by atoms with E-state index >= 15 is 0 Å². The summed E-state index contributed by atoms with van der Waals surface area (Å²) in [5.74, 6) is -0.207. The summed E-state index contributed by atoms with van der Waals surface area (Å²) in [6.07, 6.45) is 2.40. The third kappa shape index (κ3) is 6.00. The molecule has 1 aliphatic rings. The number of nitrogens with zero attached hydrogens (tertiary/aromatic N) is 2. The number of ether oxygens (including phenoxy) is 2. The number of carbonyl (C=O) groups is 1. The Morgan fingerprint density at radius 3 is 2.49 bits per heavy atom. The molecule has 0 spiro atoms. The van der Waals surface area contributed by atoms with E-state index in [-0.39, 0.29) is 40.5 Å². The van der Waals surface area contributed by atoms with Gasteiger partial charge in [0.1, 0.15) is 5.75 Å². The van der Waals surface area contributed by atoms with Gasteiger partial charge in [-0.25, -0.2) is 21.8 Å². The molecule has 1 fully saturated rings. The van der Waals surface area contributed by atoms with Crippen LogP contribution in [0.2, 0.25) is 0 Å². The van der Waals surface area contributed by atoms with Crippen LogP contribution in [-0.2, 0) is 29.2 Å². The van der Waals surface area contributed by atoms with Gasteiger partial charge in [-0.3, -0.25) is 9.69 Å². The Labute approximate surface area is 208 Å². The number of sulfone groups is 2. The Bertz CT molecular complexity index is 1430. The molecule has 1 saturated heterocycles. The summed E-state index contributed by atoms with van der Waals surface area (Å²) in [4.78, 5) is 19.5. The average Bonchev–Trinajstić information content (AvgIpc) is 3.49. The van der Waals surface area contributed by atoms with Crippen LogP contribution in [-0.4, -0.2) is 66.1 Å². The zero-order chi connectivity index (χ0) is 25.2. The van der Waals surface area contributed by atoms with E-state index in [4.69, 9.17) is 9.47 Å². The predicted octanol–water partition coefficient (Wildman–Crippen LogP) is 3.08. The van der Waals surface area contributed by atoms with Crippen molar-refractivity contribution in [2.45, 2.75) is 35.2 Å². The molecule has 2 heterocycles. The smallest absolute Gasteiger partial charge is 0.229 e. The molecule has 0 radical (unpaired) electrons. The van der Waals surface area contributed by atoms with Gasteiger partial charge in [-0.05, 0) is 55.3 Å². The van der Waals surface area contributed by atoms with Crippen LogP contribution in [0.3, 0.4) is 0 Å². The standard InChI is InChI=1S/C23H26N2O7S3/c1-31-16-5-7-18(8-6-16)35(29,30)13-11-22(26)25(15-17-4-3-12-32-17)23-24-20-10-9-19(34(2,27)28)14-21(20)33-23/h5-10,14,17H,3-4,11-13,15H2,1-2H3.